The van der Waals surface area contributed by atoms with Crippen molar-refractivity contribution in [1.29, 1.82) is 0 Å². The van der Waals surface area contributed by atoms with Crippen LogP contribution in [0, 0.1) is 0 Å². The Morgan fingerprint density at radius 1 is 1.39 bits per heavy atom. The fourth-order valence-corrected chi connectivity index (χ4v) is 3.70. The van der Waals surface area contributed by atoms with Gasteiger partial charge in [0.15, 0.2) is 0 Å². The lowest BCUT2D eigenvalue weighted by Gasteiger charge is -2.17. The second-order valence-electron chi connectivity index (χ2n) is 4.96. The summed E-state index contributed by atoms with van der Waals surface area (Å²) in [6, 6.07) is 7.10. The third-order valence-corrected chi connectivity index (χ3v) is 5.38. The van der Waals surface area contributed by atoms with E-state index in [1.165, 1.54) is 23.1 Å². The van der Waals surface area contributed by atoms with E-state index in [0.29, 0.717) is 5.56 Å². The third-order valence-electron chi connectivity index (χ3n) is 3.30. The highest BCUT2D eigenvalue weighted by molar-refractivity contribution is 8.00. The maximum atomic E-state index is 12.6. The third kappa shape index (κ3) is 4.56. The number of amides is 2. The van der Waals surface area contributed by atoms with Crippen LogP contribution in [0.3, 0.4) is 0 Å². The maximum absolute atomic E-state index is 12.6. The Morgan fingerprint density at radius 3 is 2.74 bits per heavy atom. The minimum absolute atomic E-state index is 0.117. The molecule has 122 valence electrons. The van der Waals surface area contributed by atoms with E-state index in [-0.39, 0.29) is 11.9 Å². The Kier molecular flexibility index (Phi) is 6.18. The normalized spacial score (nSPS) is 13.3. The van der Waals surface area contributed by atoms with Crippen molar-refractivity contribution in [1.82, 2.24) is 10.3 Å². The quantitative estimate of drug-likeness (QED) is 0.753. The molecule has 3 N–H and O–H groups in total. The lowest BCUT2D eigenvalue weighted by atomic mass is 10.1. The molecule has 23 heavy (non-hydrogen) atoms. The molecule has 2 aromatic rings. The highest BCUT2D eigenvalue weighted by Gasteiger charge is 2.20. The van der Waals surface area contributed by atoms with Gasteiger partial charge in [0.2, 0.25) is 5.91 Å². The van der Waals surface area contributed by atoms with Gasteiger partial charge in [-0.05, 0) is 25.5 Å². The summed E-state index contributed by atoms with van der Waals surface area (Å²) in [5, 5.41) is 5.39. The average molecular weight is 349 g/mol. The standard InChI is InChI=1S/C16H19N3O2S2/c1-3-12(16-18-8-9-22-16)19-15(21)11-6-4-5-7-13(11)23-10(2)14(17)20/h4-10,12H,3H2,1-2H3,(H2,17,20)(H,19,21)/t10-,12+/m1/s1. The van der Waals surface area contributed by atoms with Crippen LogP contribution in [0.5, 0.6) is 0 Å². The van der Waals surface area contributed by atoms with E-state index >= 15 is 0 Å². The van der Waals surface area contributed by atoms with Crippen molar-refractivity contribution in [3.05, 3.63) is 46.4 Å². The van der Waals surface area contributed by atoms with E-state index in [2.05, 4.69) is 10.3 Å². The van der Waals surface area contributed by atoms with Crippen molar-refractivity contribution < 1.29 is 9.59 Å². The van der Waals surface area contributed by atoms with E-state index in [4.69, 9.17) is 5.73 Å². The van der Waals surface area contributed by atoms with E-state index in [9.17, 15) is 9.59 Å². The number of hydrogen-bond donors (Lipinski definition) is 2. The largest absolute Gasteiger partial charge is 0.369 e. The lowest BCUT2D eigenvalue weighted by molar-refractivity contribution is -0.117. The summed E-state index contributed by atoms with van der Waals surface area (Å²) in [5.41, 5.74) is 5.85. The fourth-order valence-electron chi connectivity index (χ4n) is 1.99. The molecule has 2 atom stereocenters. The molecule has 0 saturated carbocycles. The van der Waals surface area contributed by atoms with Crippen LogP contribution < -0.4 is 11.1 Å². The molecule has 0 saturated heterocycles. The predicted octanol–water partition coefficient (Wildman–Crippen LogP) is 2.99. The van der Waals surface area contributed by atoms with Gasteiger partial charge in [-0.2, -0.15) is 0 Å². The van der Waals surface area contributed by atoms with Crippen LogP contribution in [0.1, 0.15) is 41.7 Å². The molecule has 1 heterocycles. The van der Waals surface area contributed by atoms with Crippen LogP contribution in [0.4, 0.5) is 0 Å². The molecule has 0 unspecified atom stereocenters. The van der Waals surface area contributed by atoms with Gasteiger partial charge in [0, 0.05) is 16.5 Å². The lowest BCUT2D eigenvalue weighted by Crippen LogP contribution is -2.29. The minimum atomic E-state index is -0.403. The van der Waals surface area contributed by atoms with Crippen LogP contribution in [-0.2, 0) is 4.79 Å². The van der Waals surface area contributed by atoms with Crippen molar-refractivity contribution >= 4 is 34.9 Å². The molecule has 0 aliphatic heterocycles. The highest BCUT2D eigenvalue weighted by atomic mass is 32.2. The zero-order chi connectivity index (χ0) is 16.8. The van der Waals surface area contributed by atoms with Crippen molar-refractivity contribution in [2.75, 3.05) is 0 Å². The zero-order valence-corrected chi connectivity index (χ0v) is 14.6. The molecule has 5 nitrogen and oxygen atoms in total. The van der Waals surface area contributed by atoms with Crippen molar-refractivity contribution in [3.63, 3.8) is 0 Å². The second-order valence-corrected chi connectivity index (χ2v) is 7.27. The molecule has 2 amide bonds. The van der Waals surface area contributed by atoms with Crippen molar-refractivity contribution in [2.45, 2.75) is 36.5 Å². The topological polar surface area (TPSA) is 85.1 Å². The first kappa shape index (κ1) is 17.5. The number of carbonyl (C=O) groups excluding carboxylic acids is 2. The molecular formula is C16H19N3O2S2. The van der Waals surface area contributed by atoms with Crippen LogP contribution in [0.2, 0.25) is 0 Å². The number of thiazole rings is 1. The van der Waals surface area contributed by atoms with Gasteiger partial charge in [0.1, 0.15) is 5.01 Å². The summed E-state index contributed by atoms with van der Waals surface area (Å²) in [4.78, 5) is 28.9. The minimum Gasteiger partial charge on any atom is -0.369 e. The molecule has 0 bridgehead atoms. The first-order valence-corrected chi connectivity index (χ1v) is 9.04. The number of nitrogens with two attached hydrogens (primary N) is 1. The number of benzene rings is 1. The van der Waals surface area contributed by atoms with Gasteiger partial charge < -0.3 is 11.1 Å². The van der Waals surface area contributed by atoms with Crippen LogP contribution in [0.15, 0.2) is 40.7 Å². The molecule has 1 aromatic heterocycles. The molecule has 0 spiro atoms. The number of thioether (sulfide) groups is 1. The molecule has 2 rings (SSSR count). The van der Waals surface area contributed by atoms with E-state index in [1.54, 1.807) is 25.3 Å². The van der Waals surface area contributed by atoms with Gasteiger partial charge >= 0.3 is 0 Å². The smallest absolute Gasteiger partial charge is 0.252 e. The number of carbonyl (C=O) groups is 2. The van der Waals surface area contributed by atoms with Gasteiger partial charge in [0.05, 0.1) is 16.9 Å². The number of nitrogens with zero attached hydrogens (tertiary/aromatic N) is 1. The summed E-state index contributed by atoms with van der Waals surface area (Å²) in [5.74, 6) is -0.578. The van der Waals surface area contributed by atoms with Gasteiger partial charge in [-0.3, -0.25) is 9.59 Å². The summed E-state index contributed by atoms with van der Waals surface area (Å²) >= 11 is 2.81. The molecule has 0 aliphatic rings. The van der Waals surface area contributed by atoms with E-state index in [0.717, 1.165) is 16.3 Å². The summed E-state index contributed by atoms with van der Waals surface area (Å²) in [7, 11) is 0. The fraction of sp³-hybridized carbons (Fsp3) is 0.312. The predicted molar refractivity (Wildman–Crippen MR) is 93.6 cm³/mol. The molecule has 0 aliphatic carbocycles. The van der Waals surface area contributed by atoms with Crippen molar-refractivity contribution in [2.24, 2.45) is 5.73 Å². The van der Waals surface area contributed by atoms with Crippen LogP contribution in [0.25, 0.3) is 0 Å². The monoisotopic (exact) mass is 349 g/mol. The Balaban J connectivity index is 2.17. The highest BCUT2D eigenvalue weighted by Crippen LogP contribution is 2.27. The molecule has 1 aromatic carbocycles. The van der Waals surface area contributed by atoms with Gasteiger partial charge in [-0.25, -0.2) is 4.98 Å². The summed E-state index contributed by atoms with van der Waals surface area (Å²) in [6.07, 6.45) is 2.49. The van der Waals surface area contributed by atoms with Gasteiger partial charge in [-0.15, -0.1) is 23.1 Å². The van der Waals surface area contributed by atoms with Crippen molar-refractivity contribution in [3.8, 4) is 0 Å². The van der Waals surface area contributed by atoms with E-state index in [1.807, 2.05) is 24.4 Å². The number of nitrogens with one attached hydrogen (secondary N) is 1. The molecule has 0 radical (unpaired) electrons. The van der Waals surface area contributed by atoms with E-state index < -0.39 is 11.2 Å². The van der Waals surface area contributed by atoms with Crippen LogP contribution in [-0.4, -0.2) is 22.0 Å². The Morgan fingerprint density at radius 2 is 2.13 bits per heavy atom. The summed E-state index contributed by atoms with van der Waals surface area (Å²) < 4.78 is 0. The number of hydrogen-bond acceptors (Lipinski definition) is 5. The Labute approximate surface area is 143 Å². The average Bonchev–Trinajstić information content (AvgIpc) is 3.07. The molecule has 0 fully saturated rings. The number of primary amides is 1. The first-order valence-electron chi connectivity index (χ1n) is 7.28. The first-order chi connectivity index (χ1) is 11.0. The SMILES string of the molecule is CC[C@H](NC(=O)c1ccccc1S[C@H](C)C(N)=O)c1nccs1. The molecular weight excluding hydrogens is 330 g/mol. The summed E-state index contributed by atoms with van der Waals surface area (Å²) in [6.45, 7) is 3.73. The number of aromatic nitrogens is 1. The molecule has 7 heteroatoms. The number of rotatable bonds is 7. The van der Waals surface area contributed by atoms with Crippen LogP contribution >= 0.6 is 23.1 Å². The maximum Gasteiger partial charge on any atom is 0.252 e. The Bertz CT molecular complexity index is 674. The van der Waals surface area contributed by atoms with Gasteiger partial charge in [-0.1, -0.05) is 19.1 Å². The van der Waals surface area contributed by atoms with Gasteiger partial charge in [0.25, 0.3) is 5.91 Å². The Hall–Kier alpha value is -1.86. The second kappa shape index (κ2) is 8.12. The zero-order valence-electron chi connectivity index (χ0n) is 13.0.